The fraction of sp³-hybridized carbons (Fsp3) is 0.214. The van der Waals surface area contributed by atoms with E-state index in [1.165, 1.54) is 5.57 Å². The standard InChI is InChI=1S/C14H15NOS/c1-10(2)8-11-9-12(16-3)4-5-13(11)14-15-6-7-17-14/h4-9H,1-3H3. The van der Waals surface area contributed by atoms with Crippen molar-refractivity contribution in [3.63, 3.8) is 0 Å². The maximum absolute atomic E-state index is 5.26. The van der Waals surface area contributed by atoms with Crippen molar-refractivity contribution in [1.29, 1.82) is 0 Å². The lowest BCUT2D eigenvalue weighted by Gasteiger charge is -2.07. The largest absolute Gasteiger partial charge is 0.497 e. The van der Waals surface area contributed by atoms with Crippen LogP contribution in [-0.4, -0.2) is 12.1 Å². The first-order valence-corrected chi connectivity index (χ1v) is 6.31. The molecule has 0 bridgehead atoms. The number of thiazole rings is 1. The van der Waals surface area contributed by atoms with E-state index in [0.717, 1.165) is 21.9 Å². The van der Waals surface area contributed by atoms with E-state index < -0.39 is 0 Å². The summed E-state index contributed by atoms with van der Waals surface area (Å²) < 4.78 is 5.26. The molecule has 0 atom stereocenters. The summed E-state index contributed by atoms with van der Waals surface area (Å²) in [5.41, 5.74) is 3.57. The molecule has 0 spiro atoms. The molecule has 0 radical (unpaired) electrons. The molecule has 0 fully saturated rings. The van der Waals surface area contributed by atoms with Crippen molar-refractivity contribution in [2.75, 3.05) is 7.11 Å². The molecule has 0 aliphatic heterocycles. The Kier molecular flexibility index (Phi) is 3.59. The molecule has 2 nitrogen and oxygen atoms in total. The first-order valence-electron chi connectivity index (χ1n) is 5.43. The maximum atomic E-state index is 5.26. The van der Waals surface area contributed by atoms with Crippen molar-refractivity contribution in [2.24, 2.45) is 0 Å². The molecule has 0 N–H and O–H groups in total. The number of methoxy groups -OCH3 is 1. The Morgan fingerprint density at radius 1 is 1.35 bits per heavy atom. The van der Waals surface area contributed by atoms with Gasteiger partial charge in [0.1, 0.15) is 10.8 Å². The van der Waals surface area contributed by atoms with Crippen molar-refractivity contribution in [2.45, 2.75) is 13.8 Å². The summed E-state index contributed by atoms with van der Waals surface area (Å²) in [7, 11) is 1.69. The monoisotopic (exact) mass is 245 g/mol. The number of rotatable bonds is 3. The van der Waals surface area contributed by atoms with Crippen LogP contribution >= 0.6 is 11.3 Å². The number of aromatic nitrogens is 1. The summed E-state index contributed by atoms with van der Waals surface area (Å²) in [4.78, 5) is 4.36. The number of hydrogen-bond donors (Lipinski definition) is 0. The normalized spacial score (nSPS) is 10.1. The highest BCUT2D eigenvalue weighted by Gasteiger charge is 2.07. The highest BCUT2D eigenvalue weighted by atomic mass is 32.1. The van der Waals surface area contributed by atoms with Crippen LogP contribution in [-0.2, 0) is 0 Å². The average Bonchev–Trinajstić information content (AvgIpc) is 2.81. The van der Waals surface area contributed by atoms with Crippen LogP contribution in [0.2, 0.25) is 0 Å². The first kappa shape index (κ1) is 11.9. The summed E-state index contributed by atoms with van der Waals surface area (Å²) in [6.45, 7) is 4.18. The van der Waals surface area contributed by atoms with Gasteiger partial charge in [-0.1, -0.05) is 11.6 Å². The molecule has 0 unspecified atom stereocenters. The molecule has 17 heavy (non-hydrogen) atoms. The van der Waals surface area contributed by atoms with Crippen LogP contribution in [0.3, 0.4) is 0 Å². The first-order chi connectivity index (χ1) is 8.20. The molecule has 2 aromatic rings. The van der Waals surface area contributed by atoms with Crippen LogP contribution < -0.4 is 4.74 Å². The van der Waals surface area contributed by atoms with Crippen molar-refractivity contribution in [3.05, 3.63) is 40.9 Å². The van der Waals surface area contributed by atoms with E-state index in [1.807, 2.05) is 23.7 Å². The molecular weight excluding hydrogens is 230 g/mol. The average molecular weight is 245 g/mol. The third-order valence-electron chi connectivity index (χ3n) is 2.37. The highest BCUT2D eigenvalue weighted by Crippen LogP contribution is 2.30. The molecule has 1 aromatic heterocycles. The summed E-state index contributed by atoms with van der Waals surface area (Å²) in [5.74, 6) is 0.873. The molecule has 2 rings (SSSR count). The van der Waals surface area contributed by atoms with Gasteiger partial charge in [-0.05, 0) is 37.6 Å². The lowest BCUT2D eigenvalue weighted by atomic mass is 10.1. The van der Waals surface area contributed by atoms with E-state index in [9.17, 15) is 0 Å². The second-order valence-corrected chi connectivity index (χ2v) is 4.91. The van der Waals surface area contributed by atoms with E-state index in [-0.39, 0.29) is 0 Å². The summed E-state index contributed by atoms with van der Waals surface area (Å²) in [6.07, 6.45) is 3.98. The van der Waals surface area contributed by atoms with Gasteiger partial charge in [0.05, 0.1) is 7.11 Å². The predicted molar refractivity (Wildman–Crippen MR) is 73.4 cm³/mol. The van der Waals surface area contributed by atoms with Crippen LogP contribution in [0.4, 0.5) is 0 Å². The molecule has 0 saturated carbocycles. The van der Waals surface area contributed by atoms with E-state index >= 15 is 0 Å². The zero-order valence-corrected chi connectivity index (χ0v) is 11.0. The number of benzene rings is 1. The Morgan fingerprint density at radius 2 is 2.18 bits per heavy atom. The summed E-state index contributed by atoms with van der Waals surface area (Å²) in [6, 6.07) is 6.08. The van der Waals surface area contributed by atoms with Crippen molar-refractivity contribution in [1.82, 2.24) is 4.98 Å². The smallest absolute Gasteiger partial charge is 0.123 e. The molecule has 0 aliphatic carbocycles. The Morgan fingerprint density at radius 3 is 2.76 bits per heavy atom. The maximum Gasteiger partial charge on any atom is 0.123 e. The van der Waals surface area contributed by atoms with Gasteiger partial charge < -0.3 is 4.74 Å². The van der Waals surface area contributed by atoms with E-state index in [0.29, 0.717) is 0 Å². The van der Waals surface area contributed by atoms with Crippen LogP contribution in [0.15, 0.2) is 35.3 Å². The minimum Gasteiger partial charge on any atom is -0.497 e. The topological polar surface area (TPSA) is 22.1 Å². The molecule has 1 aromatic carbocycles. The SMILES string of the molecule is COc1ccc(-c2nccs2)c(C=C(C)C)c1. The Labute approximate surface area is 106 Å². The molecule has 1 heterocycles. The van der Waals surface area contributed by atoms with Crippen molar-refractivity contribution in [3.8, 4) is 16.3 Å². The summed E-state index contributed by atoms with van der Waals surface area (Å²) >= 11 is 1.65. The molecular formula is C14H15NOS. The van der Waals surface area contributed by atoms with Gasteiger partial charge in [0.25, 0.3) is 0 Å². The van der Waals surface area contributed by atoms with E-state index in [2.05, 4.69) is 31.0 Å². The number of nitrogens with zero attached hydrogens (tertiary/aromatic N) is 1. The predicted octanol–water partition coefficient (Wildman–Crippen LogP) is 4.24. The highest BCUT2D eigenvalue weighted by molar-refractivity contribution is 7.13. The number of hydrogen-bond acceptors (Lipinski definition) is 3. The lowest BCUT2D eigenvalue weighted by molar-refractivity contribution is 0.415. The fourth-order valence-electron chi connectivity index (χ4n) is 1.65. The second-order valence-electron chi connectivity index (χ2n) is 4.01. The quantitative estimate of drug-likeness (QED) is 0.806. The Hall–Kier alpha value is -1.61. The van der Waals surface area contributed by atoms with Gasteiger partial charge >= 0.3 is 0 Å². The van der Waals surface area contributed by atoms with Crippen LogP contribution in [0.1, 0.15) is 19.4 Å². The van der Waals surface area contributed by atoms with E-state index in [1.54, 1.807) is 18.4 Å². The summed E-state index contributed by atoms with van der Waals surface area (Å²) in [5, 5.41) is 3.03. The van der Waals surface area contributed by atoms with Gasteiger partial charge in [-0.15, -0.1) is 11.3 Å². The van der Waals surface area contributed by atoms with Gasteiger partial charge in [0.2, 0.25) is 0 Å². The lowest BCUT2D eigenvalue weighted by Crippen LogP contribution is -1.87. The van der Waals surface area contributed by atoms with Gasteiger partial charge in [0, 0.05) is 17.1 Å². The third-order valence-corrected chi connectivity index (χ3v) is 3.17. The van der Waals surface area contributed by atoms with Crippen LogP contribution in [0, 0.1) is 0 Å². The van der Waals surface area contributed by atoms with Crippen molar-refractivity contribution >= 4 is 17.4 Å². The molecule has 0 aliphatic rings. The second kappa shape index (κ2) is 5.15. The molecule has 3 heteroatoms. The van der Waals surface area contributed by atoms with Crippen LogP contribution in [0.5, 0.6) is 5.75 Å². The van der Waals surface area contributed by atoms with Gasteiger partial charge in [0.15, 0.2) is 0 Å². The molecule has 0 saturated heterocycles. The van der Waals surface area contributed by atoms with Crippen LogP contribution in [0.25, 0.3) is 16.6 Å². The minimum absolute atomic E-state index is 0.873. The third kappa shape index (κ3) is 2.74. The minimum atomic E-state index is 0.873. The van der Waals surface area contributed by atoms with E-state index in [4.69, 9.17) is 4.74 Å². The number of ether oxygens (including phenoxy) is 1. The zero-order chi connectivity index (χ0) is 12.3. The Balaban J connectivity index is 2.55. The molecule has 0 amide bonds. The van der Waals surface area contributed by atoms with Crippen molar-refractivity contribution < 1.29 is 4.74 Å². The number of allylic oxidation sites excluding steroid dienone is 1. The Bertz CT molecular complexity index is 525. The van der Waals surface area contributed by atoms with Gasteiger partial charge in [-0.25, -0.2) is 4.98 Å². The van der Waals surface area contributed by atoms with Gasteiger partial charge in [-0.2, -0.15) is 0 Å². The molecule has 88 valence electrons. The fourth-order valence-corrected chi connectivity index (χ4v) is 2.33. The zero-order valence-electron chi connectivity index (χ0n) is 10.2. The van der Waals surface area contributed by atoms with Gasteiger partial charge in [-0.3, -0.25) is 0 Å².